The van der Waals surface area contributed by atoms with Gasteiger partial charge in [0, 0.05) is 30.6 Å². The number of nitrogens with zero attached hydrogens (tertiary/aromatic N) is 4. The first-order valence-corrected chi connectivity index (χ1v) is 9.97. The number of benzene rings is 1. The zero-order valence-corrected chi connectivity index (χ0v) is 17.7. The van der Waals surface area contributed by atoms with Crippen LogP contribution < -0.4 is 21.1 Å². The van der Waals surface area contributed by atoms with E-state index in [0.29, 0.717) is 48.8 Å². The fourth-order valence-electron chi connectivity index (χ4n) is 3.33. The second-order valence-corrected chi connectivity index (χ2v) is 7.78. The highest BCUT2D eigenvalue weighted by Crippen LogP contribution is 2.27. The third kappa shape index (κ3) is 5.30. The molecule has 1 aromatic heterocycles. The van der Waals surface area contributed by atoms with Gasteiger partial charge in [-0.3, -0.25) is 4.57 Å². The summed E-state index contributed by atoms with van der Waals surface area (Å²) in [5.74, 6) is 1.30. The fourth-order valence-corrected chi connectivity index (χ4v) is 3.51. The summed E-state index contributed by atoms with van der Waals surface area (Å²) in [6.45, 7) is 1.85. The molecule has 2 heterocycles. The van der Waals surface area contributed by atoms with Gasteiger partial charge in [0.05, 0.1) is 19.3 Å². The number of aromatic nitrogens is 3. The number of methoxy groups -OCH3 is 1. The quantitative estimate of drug-likeness (QED) is 0.740. The van der Waals surface area contributed by atoms with Gasteiger partial charge in [0.25, 0.3) is 0 Å². The largest absolute Gasteiger partial charge is 0.495 e. The van der Waals surface area contributed by atoms with Crippen LogP contribution in [0, 0.1) is 0 Å². The van der Waals surface area contributed by atoms with Gasteiger partial charge >= 0.3 is 11.7 Å². The number of likely N-dealkylation sites (N-methyl/N-ethyl adjacent to an activating group) is 1. The molecule has 9 nitrogen and oxygen atoms in total. The summed E-state index contributed by atoms with van der Waals surface area (Å²) in [6.07, 6.45) is 2.01. The number of ether oxygens (including phenoxy) is 1. The Hall–Kier alpha value is -2.52. The minimum atomic E-state index is -0.335. The van der Waals surface area contributed by atoms with Gasteiger partial charge in [0.2, 0.25) is 0 Å². The molecule has 29 heavy (non-hydrogen) atoms. The SMILES string of the molecule is COc1ccc(Cl)cc1NC(=O)NC1CCc2nn(CCN(C)C)c(=O)n2CC1. The third-order valence-electron chi connectivity index (χ3n) is 4.92. The smallest absolute Gasteiger partial charge is 0.345 e. The minimum absolute atomic E-state index is 0.0588. The van der Waals surface area contributed by atoms with Crippen LogP contribution in [0.2, 0.25) is 5.02 Å². The Kier molecular flexibility index (Phi) is 6.81. The minimum Gasteiger partial charge on any atom is -0.495 e. The molecule has 0 bridgehead atoms. The summed E-state index contributed by atoms with van der Waals surface area (Å²) >= 11 is 6.01. The normalized spacial score (nSPS) is 16.2. The van der Waals surface area contributed by atoms with Crippen LogP contribution in [0.4, 0.5) is 10.5 Å². The number of halogens is 1. The molecule has 1 aromatic carbocycles. The van der Waals surface area contributed by atoms with Crippen molar-refractivity contribution < 1.29 is 9.53 Å². The number of fused-ring (bicyclic) bond motifs is 1. The summed E-state index contributed by atoms with van der Waals surface area (Å²) in [5.41, 5.74) is 0.415. The van der Waals surface area contributed by atoms with Crippen LogP contribution in [0.25, 0.3) is 0 Å². The van der Waals surface area contributed by atoms with Crippen LogP contribution in [0.5, 0.6) is 5.75 Å². The van der Waals surface area contributed by atoms with E-state index in [1.54, 1.807) is 22.8 Å². The van der Waals surface area contributed by atoms with Crippen molar-refractivity contribution in [1.82, 2.24) is 24.6 Å². The van der Waals surface area contributed by atoms with E-state index in [4.69, 9.17) is 16.3 Å². The molecule has 0 saturated heterocycles. The average Bonchev–Trinajstić information content (AvgIpc) is 2.83. The van der Waals surface area contributed by atoms with E-state index in [2.05, 4.69) is 15.7 Å². The van der Waals surface area contributed by atoms with Gasteiger partial charge in [-0.15, -0.1) is 0 Å². The van der Waals surface area contributed by atoms with Crippen LogP contribution in [0.3, 0.4) is 0 Å². The lowest BCUT2D eigenvalue weighted by Gasteiger charge is -2.17. The van der Waals surface area contributed by atoms with Gasteiger partial charge < -0.3 is 20.3 Å². The van der Waals surface area contributed by atoms with Gasteiger partial charge in [-0.05, 0) is 45.1 Å². The molecule has 158 valence electrons. The van der Waals surface area contributed by atoms with E-state index in [-0.39, 0.29) is 17.8 Å². The highest BCUT2D eigenvalue weighted by atomic mass is 35.5. The van der Waals surface area contributed by atoms with Gasteiger partial charge in [0.15, 0.2) is 0 Å². The lowest BCUT2D eigenvalue weighted by atomic mass is 10.1. The molecule has 1 unspecified atom stereocenters. The first-order chi connectivity index (χ1) is 13.9. The number of anilines is 1. The molecular weight excluding hydrogens is 396 g/mol. The van der Waals surface area contributed by atoms with E-state index in [9.17, 15) is 9.59 Å². The van der Waals surface area contributed by atoms with E-state index >= 15 is 0 Å². The maximum absolute atomic E-state index is 12.6. The zero-order valence-electron chi connectivity index (χ0n) is 16.9. The molecule has 0 saturated carbocycles. The summed E-state index contributed by atoms with van der Waals surface area (Å²) in [6, 6.07) is 4.64. The third-order valence-corrected chi connectivity index (χ3v) is 5.16. The molecule has 2 amide bonds. The molecule has 2 aromatic rings. The first-order valence-electron chi connectivity index (χ1n) is 9.59. The molecular formula is C19H27ClN6O3. The Balaban J connectivity index is 1.59. The number of nitrogens with one attached hydrogen (secondary N) is 2. The van der Waals surface area contributed by atoms with Crippen molar-refractivity contribution in [2.75, 3.05) is 33.1 Å². The molecule has 10 heteroatoms. The van der Waals surface area contributed by atoms with E-state index < -0.39 is 0 Å². The Bertz CT molecular complexity index is 923. The Morgan fingerprint density at radius 1 is 1.38 bits per heavy atom. The summed E-state index contributed by atoms with van der Waals surface area (Å²) in [4.78, 5) is 27.0. The summed E-state index contributed by atoms with van der Waals surface area (Å²) < 4.78 is 8.50. The predicted molar refractivity (Wildman–Crippen MR) is 112 cm³/mol. The monoisotopic (exact) mass is 422 g/mol. The highest BCUT2D eigenvalue weighted by Gasteiger charge is 2.22. The molecule has 3 rings (SSSR count). The van der Waals surface area contributed by atoms with Gasteiger partial charge in [-0.1, -0.05) is 11.6 Å². The topological polar surface area (TPSA) is 93.4 Å². The molecule has 2 N–H and O–H groups in total. The predicted octanol–water partition coefficient (Wildman–Crippen LogP) is 1.79. The van der Waals surface area contributed by atoms with Crippen molar-refractivity contribution in [3.63, 3.8) is 0 Å². The van der Waals surface area contributed by atoms with E-state index in [1.807, 2.05) is 19.0 Å². The standard InChI is InChI=1S/C19H27ClN6O3/c1-24(2)10-11-26-19(28)25-9-8-14(5-7-17(25)23-26)21-18(27)22-15-12-13(20)4-6-16(15)29-3/h4,6,12,14H,5,7-11H2,1-3H3,(H2,21,22,27). The van der Waals surface area contributed by atoms with E-state index in [0.717, 1.165) is 12.4 Å². The maximum atomic E-state index is 12.6. The van der Waals surface area contributed by atoms with Crippen LogP contribution in [0.15, 0.2) is 23.0 Å². The van der Waals surface area contributed by atoms with Gasteiger partial charge in [0.1, 0.15) is 11.6 Å². The Morgan fingerprint density at radius 2 is 2.17 bits per heavy atom. The fraction of sp³-hybridized carbons (Fsp3) is 0.526. The van der Waals surface area contributed by atoms with Crippen molar-refractivity contribution >= 4 is 23.3 Å². The van der Waals surface area contributed by atoms with Crippen molar-refractivity contribution in [2.24, 2.45) is 0 Å². The van der Waals surface area contributed by atoms with Gasteiger partial charge in [-0.25, -0.2) is 14.3 Å². The summed E-state index contributed by atoms with van der Waals surface area (Å²) in [5, 5.41) is 10.7. The van der Waals surface area contributed by atoms with Crippen molar-refractivity contribution in [3.8, 4) is 5.75 Å². The highest BCUT2D eigenvalue weighted by molar-refractivity contribution is 6.31. The molecule has 0 fully saturated rings. The number of carbonyl (C=O) groups excluding carboxylic acids is 1. The number of hydrogen-bond acceptors (Lipinski definition) is 5. The molecule has 0 spiro atoms. The van der Waals surface area contributed by atoms with Gasteiger partial charge in [-0.2, -0.15) is 5.10 Å². The number of hydrogen-bond donors (Lipinski definition) is 2. The average molecular weight is 423 g/mol. The van der Waals surface area contributed by atoms with Crippen LogP contribution in [-0.4, -0.2) is 59.1 Å². The molecule has 0 radical (unpaired) electrons. The summed E-state index contributed by atoms with van der Waals surface area (Å²) in [7, 11) is 5.46. The maximum Gasteiger partial charge on any atom is 0.345 e. The van der Waals surface area contributed by atoms with E-state index in [1.165, 1.54) is 11.8 Å². The second kappa shape index (κ2) is 9.32. The van der Waals surface area contributed by atoms with Crippen LogP contribution in [0.1, 0.15) is 18.7 Å². The number of carbonyl (C=O) groups is 1. The lowest BCUT2D eigenvalue weighted by molar-refractivity contribution is 0.246. The molecule has 0 aliphatic carbocycles. The second-order valence-electron chi connectivity index (χ2n) is 7.34. The van der Waals surface area contributed by atoms with Crippen LogP contribution >= 0.6 is 11.6 Å². The zero-order chi connectivity index (χ0) is 21.0. The number of urea groups is 1. The molecule has 1 aliphatic rings. The lowest BCUT2D eigenvalue weighted by Crippen LogP contribution is -2.38. The van der Waals surface area contributed by atoms with Crippen molar-refractivity contribution in [1.29, 1.82) is 0 Å². The first kappa shape index (κ1) is 21.2. The Morgan fingerprint density at radius 3 is 2.90 bits per heavy atom. The Labute approximate surface area is 174 Å². The number of aryl methyl sites for hydroxylation is 1. The number of amides is 2. The number of rotatable bonds is 6. The van der Waals surface area contributed by atoms with Crippen molar-refractivity contribution in [2.45, 2.75) is 38.4 Å². The molecule has 1 atom stereocenters. The molecule has 1 aliphatic heterocycles. The van der Waals surface area contributed by atoms with Crippen LogP contribution in [-0.2, 0) is 19.5 Å². The van der Waals surface area contributed by atoms with Crippen molar-refractivity contribution in [3.05, 3.63) is 39.5 Å².